The third-order valence-electron chi connectivity index (χ3n) is 2.08. The van der Waals surface area contributed by atoms with E-state index in [2.05, 4.69) is 9.97 Å². The predicted molar refractivity (Wildman–Crippen MR) is 58.4 cm³/mol. The molecule has 2 aromatic rings. The van der Waals surface area contributed by atoms with Gasteiger partial charge in [-0.05, 0) is 24.3 Å². The van der Waals surface area contributed by atoms with Crippen molar-refractivity contribution < 1.29 is 4.74 Å². The number of ether oxygens (including phenoxy) is 1. The van der Waals surface area contributed by atoms with Crippen molar-refractivity contribution >= 4 is 5.82 Å². The van der Waals surface area contributed by atoms with Crippen LogP contribution in [0.15, 0.2) is 36.7 Å². The minimum Gasteiger partial charge on any atom is -0.494 e. The molecule has 76 valence electrons. The van der Waals surface area contributed by atoms with Crippen LogP contribution in [0.1, 0.15) is 0 Å². The van der Waals surface area contributed by atoms with Crippen LogP contribution in [0.4, 0.5) is 5.82 Å². The zero-order valence-electron chi connectivity index (χ0n) is 8.34. The van der Waals surface area contributed by atoms with Crippen molar-refractivity contribution in [2.24, 2.45) is 0 Å². The zero-order chi connectivity index (χ0) is 10.7. The van der Waals surface area contributed by atoms with Crippen LogP contribution in [-0.2, 0) is 0 Å². The largest absolute Gasteiger partial charge is 0.494 e. The number of pyridine rings is 2. The van der Waals surface area contributed by atoms with E-state index in [-0.39, 0.29) is 0 Å². The second-order valence-corrected chi connectivity index (χ2v) is 2.99. The summed E-state index contributed by atoms with van der Waals surface area (Å²) >= 11 is 0. The van der Waals surface area contributed by atoms with E-state index in [9.17, 15) is 0 Å². The minimum absolute atomic E-state index is 0.453. The molecule has 0 aliphatic carbocycles. The third kappa shape index (κ3) is 1.74. The fourth-order valence-electron chi connectivity index (χ4n) is 1.38. The Hall–Kier alpha value is -2.10. The monoisotopic (exact) mass is 201 g/mol. The van der Waals surface area contributed by atoms with E-state index in [4.69, 9.17) is 10.5 Å². The Bertz CT molecular complexity index is 471. The van der Waals surface area contributed by atoms with Gasteiger partial charge in [-0.15, -0.1) is 0 Å². The Morgan fingerprint density at radius 2 is 1.87 bits per heavy atom. The molecule has 2 N–H and O–H groups in total. The quantitative estimate of drug-likeness (QED) is 0.803. The number of nitrogens with two attached hydrogens (primary N) is 1. The minimum atomic E-state index is 0.453. The Labute approximate surface area is 87.7 Å². The van der Waals surface area contributed by atoms with Gasteiger partial charge < -0.3 is 10.5 Å². The molecule has 2 aromatic heterocycles. The first-order valence-electron chi connectivity index (χ1n) is 4.53. The SMILES string of the molecule is COc1cccnc1-c1cccnc1N. The van der Waals surface area contributed by atoms with Gasteiger partial charge in [-0.2, -0.15) is 0 Å². The predicted octanol–water partition coefficient (Wildman–Crippen LogP) is 1.73. The molecule has 0 unspecified atom stereocenters. The van der Waals surface area contributed by atoms with Gasteiger partial charge in [0.1, 0.15) is 17.3 Å². The van der Waals surface area contributed by atoms with E-state index < -0.39 is 0 Å². The van der Waals surface area contributed by atoms with Gasteiger partial charge in [0, 0.05) is 18.0 Å². The average molecular weight is 201 g/mol. The molecule has 0 aliphatic heterocycles. The maximum atomic E-state index is 5.77. The summed E-state index contributed by atoms with van der Waals surface area (Å²) in [7, 11) is 1.60. The van der Waals surface area contributed by atoms with E-state index in [1.165, 1.54) is 0 Å². The van der Waals surface area contributed by atoms with Crippen molar-refractivity contribution in [2.75, 3.05) is 12.8 Å². The molecular weight excluding hydrogens is 190 g/mol. The van der Waals surface area contributed by atoms with Crippen molar-refractivity contribution in [2.45, 2.75) is 0 Å². The molecular formula is C11H11N3O. The number of nitrogen functional groups attached to an aromatic ring is 1. The number of rotatable bonds is 2. The van der Waals surface area contributed by atoms with Crippen LogP contribution in [0, 0.1) is 0 Å². The van der Waals surface area contributed by atoms with Gasteiger partial charge in [0.05, 0.1) is 7.11 Å². The molecule has 0 saturated heterocycles. The summed E-state index contributed by atoms with van der Waals surface area (Å²) in [5.41, 5.74) is 7.27. The smallest absolute Gasteiger partial charge is 0.145 e. The summed E-state index contributed by atoms with van der Waals surface area (Å²) in [5, 5.41) is 0. The van der Waals surface area contributed by atoms with E-state index in [0.717, 1.165) is 5.56 Å². The van der Waals surface area contributed by atoms with Gasteiger partial charge in [0.15, 0.2) is 0 Å². The van der Waals surface area contributed by atoms with Crippen LogP contribution in [0.2, 0.25) is 0 Å². The van der Waals surface area contributed by atoms with Crippen molar-refractivity contribution in [3.8, 4) is 17.0 Å². The molecule has 0 amide bonds. The molecule has 0 spiro atoms. The maximum Gasteiger partial charge on any atom is 0.145 e. The van der Waals surface area contributed by atoms with Crippen LogP contribution in [0.5, 0.6) is 5.75 Å². The topological polar surface area (TPSA) is 61.0 Å². The Balaban J connectivity index is 2.59. The van der Waals surface area contributed by atoms with Gasteiger partial charge in [0.25, 0.3) is 0 Å². The Morgan fingerprint density at radius 1 is 1.13 bits per heavy atom. The highest BCUT2D eigenvalue weighted by Gasteiger charge is 2.09. The summed E-state index contributed by atoms with van der Waals surface area (Å²) in [6.07, 6.45) is 3.35. The first-order valence-corrected chi connectivity index (χ1v) is 4.53. The van der Waals surface area contributed by atoms with E-state index in [1.54, 1.807) is 19.5 Å². The third-order valence-corrected chi connectivity index (χ3v) is 2.08. The van der Waals surface area contributed by atoms with E-state index in [0.29, 0.717) is 17.3 Å². The number of aromatic nitrogens is 2. The summed E-state index contributed by atoms with van der Waals surface area (Å²) in [6, 6.07) is 7.34. The summed E-state index contributed by atoms with van der Waals surface area (Å²) < 4.78 is 5.21. The number of hydrogen-bond acceptors (Lipinski definition) is 4. The molecule has 0 aromatic carbocycles. The van der Waals surface area contributed by atoms with Crippen molar-refractivity contribution in [1.29, 1.82) is 0 Å². The van der Waals surface area contributed by atoms with E-state index >= 15 is 0 Å². The lowest BCUT2D eigenvalue weighted by Gasteiger charge is -2.07. The number of anilines is 1. The lowest BCUT2D eigenvalue weighted by atomic mass is 10.1. The second-order valence-electron chi connectivity index (χ2n) is 2.99. The fraction of sp³-hybridized carbons (Fsp3) is 0.0909. The molecule has 4 nitrogen and oxygen atoms in total. The highest BCUT2D eigenvalue weighted by Crippen LogP contribution is 2.29. The fourth-order valence-corrected chi connectivity index (χ4v) is 1.38. The van der Waals surface area contributed by atoms with Crippen LogP contribution in [0.25, 0.3) is 11.3 Å². The van der Waals surface area contributed by atoms with Crippen LogP contribution in [-0.4, -0.2) is 17.1 Å². The summed E-state index contributed by atoms with van der Waals surface area (Å²) in [6.45, 7) is 0. The van der Waals surface area contributed by atoms with Crippen molar-refractivity contribution in [3.05, 3.63) is 36.7 Å². The molecule has 2 heterocycles. The number of nitrogens with zero attached hydrogens (tertiary/aromatic N) is 2. The molecule has 4 heteroatoms. The molecule has 2 rings (SSSR count). The molecule has 0 fully saturated rings. The number of hydrogen-bond donors (Lipinski definition) is 1. The van der Waals surface area contributed by atoms with Crippen molar-refractivity contribution in [3.63, 3.8) is 0 Å². The van der Waals surface area contributed by atoms with Gasteiger partial charge in [0.2, 0.25) is 0 Å². The standard InChI is InChI=1S/C11H11N3O/c1-15-9-5-3-6-13-10(9)8-4-2-7-14-11(8)12/h2-7H,1H3,(H2,12,14). The summed E-state index contributed by atoms with van der Waals surface area (Å²) in [5.74, 6) is 1.15. The van der Waals surface area contributed by atoms with Crippen molar-refractivity contribution in [1.82, 2.24) is 9.97 Å². The lowest BCUT2D eigenvalue weighted by Crippen LogP contribution is -1.96. The second kappa shape index (κ2) is 3.96. The molecule has 0 aliphatic rings. The highest BCUT2D eigenvalue weighted by molar-refractivity contribution is 5.74. The zero-order valence-corrected chi connectivity index (χ0v) is 8.34. The Kier molecular flexibility index (Phi) is 2.49. The molecule has 0 radical (unpaired) electrons. The van der Waals surface area contributed by atoms with Gasteiger partial charge in [-0.1, -0.05) is 0 Å². The van der Waals surface area contributed by atoms with Gasteiger partial charge in [-0.3, -0.25) is 4.98 Å². The molecule has 15 heavy (non-hydrogen) atoms. The van der Waals surface area contributed by atoms with Crippen LogP contribution >= 0.6 is 0 Å². The lowest BCUT2D eigenvalue weighted by molar-refractivity contribution is 0.415. The van der Waals surface area contributed by atoms with Gasteiger partial charge in [-0.25, -0.2) is 4.98 Å². The van der Waals surface area contributed by atoms with E-state index in [1.807, 2.05) is 24.3 Å². The first-order chi connectivity index (χ1) is 7.33. The molecule has 0 saturated carbocycles. The first kappa shape index (κ1) is 9.45. The summed E-state index contributed by atoms with van der Waals surface area (Å²) in [4.78, 5) is 8.25. The maximum absolute atomic E-state index is 5.77. The van der Waals surface area contributed by atoms with Gasteiger partial charge >= 0.3 is 0 Å². The van der Waals surface area contributed by atoms with Crippen LogP contribution in [0.3, 0.4) is 0 Å². The molecule has 0 bridgehead atoms. The average Bonchev–Trinajstić information content (AvgIpc) is 2.30. The Morgan fingerprint density at radius 3 is 2.60 bits per heavy atom. The normalized spacial score (nSPS) is 9.93. The highest BCUT2D eigenvalue weighted by atomic mass is 16.5. The van der Waals surface area contributed by atoms with Crippen LogP contribution < -0.4 is 10.5 Å². The number of methoxy groups -OCH3 is 1. The molecule has 0 atom stereocenters.